The van der Waals surface area contributed by atoms with Crippen LogP contribution >= 0.6 is 0 Å². The molecule has 31 heavy (non-hydrogen) atoms. The van der Waals surface area contributed by atoms with Gasteiger partial charge < -0.3 is 24.4 Å². The van der Waals surface area contributed by atoms with E-state index < -0.39 is 0 Å². The number of unbranched alkanes of at least 4 members (excludes halogenated alkanes) is 6. The number of benzene rings is 1. The SMILES string of the molecule is COc1cc(OC)c2c(c1)C(CCCCCCCCCN1CC[C@H](NC=O)C1)OC2=O. The van der Waals surface area contributed by atoms with Crippen molar-refractivity contribution in [3.8, 4) is 11.5 Å². The molecule has 1 N–H and O–H groups in total. The lowest BCUT2D eigenvalue weighted by Crippen LogP contribution is -2.31. The van der Waals surface area contributed by atoms with Crippen LogP contribution in [0.25, 0.3) is 0 Å². The lowest BCUT2D eigenvalue weighted by molar-refractivity contribution is -0.110. The molecule has 1 fully saturated rings. The van der Waals surface area contributed by atoms with Crippen LogP contribution in [0.2, 0.25) is 0 Å². The van der Waals surface area contributed by atoms with Crippen molar-refractivity contribution >= 4 is 12.4 Å². The van der Waals surface area contributed by atoms with Gasteiger partial charge in [-0.25, -0.2) is 4.79 Å². The van der Waals surface area contributed by atoms with E-state index in [1.807, 2.05) is 6.07 Å². The van der Waals surface area contributed by atoms with Crippen LogP contribution in [0.1, 0.15) is 79.8 Å². The monoisotopic (exact) mass is 432 g/mol. The number of cyclic esters (lactones) is 1. The predicted octanol–water partition coefficient (Wildman–Crippen LogP) is 3.86. The molecule has 1 saturated heterocycles. The van der Waals surface area contributed by atoms with E-state index >= 15 is 0 Å². The first-order valence-corrected chi connectivity index (χ1v) is 11.5. The fraction of sp³-hybridized carbons (Fsp3) is 0.667. The number of ether oxygens (including phenoxy) is 3. The molecule has 1 unspecified atom stereocenters. The standard InChI is InChI=1S/C24H36N2O5/c1-29-19-14-20-21(31-24(28)23(20)22(15-19)30-2)10-8-6-4-3-5-7-9-12-26-13-11-18(16-26)25-17-27/h14-15,17-18,21H,3-13,16H2,1-2H3,(H,25,27)/t18-,21?/m0/s1. The van der Waals surface area contributed by atoms with Gasteiger partial charge in [0.1, 0.15) is 23.2 Å². The molecule has 1 amide bonds. The molecule has 172 valence electrons. The lowest BCUT2D eigenvalue weighted by atomic mass is 9.99. The predicted molar refractivity (Wildman–Crippen MR) is 119 cm³/mol. The fourth-order valence-corrected chi connectivity index (χ4v) is 4.65. The number of amides is 1. The number of likely N-dealkylation sites (tertiary alicyclic amines) is 1. The third-order valence-electron chi connectivity index (χ3n) is 6.38. The molecule has 2 heterocycles. The Kier molecular flexibility index (Phi) is 9.00. The van der Waals surface area contributed by atoms with Crippen LogP contribution in [0.3, 0.4) is 0 Å². The summed E-state index contributed by atoms with van der Waals surface area (Å²) in [4.78, 5) is 25.2. The molecule has 2 atom stereocenters. The molecule has 0 aliphatic carbocycles. The second-order valence-electron chi connectivity index (χ2n) is 8.52. The Balaban J connectivity index is 1.28. The molecule has 0 aromatic heterocycles. The number of hydrogen-bond acceptors (Lipinski definition) is 6. The molecular weight excluding hydrogens is 396 g/mol. The number of nitrogens with zero attached hydrogens (tertiary/aromatic N) is 1. The van der Waals surface area contributed by atoms with Crippen LogP contribution < -0.4 is 14.8 Å². The zero-order chi connectivity index (χ0) is 22.1. The lowest BCUT2D eigenvalue weighted by Gasteiger charge is -2.15. The normalized spacial score (nSPS) is 20.4. The summed E-state index contributed by atoms with van der Waals surface area (Å²) < 4.78 is 16.3. The summed E-state index contributed by atoms with van der Waals surface area (Å²) in [7, 11) is 3.17. The van der Waals surface area contributed by atoms with Crippen LogP contribution in [-0.4, -0.2) is 57.2 Å². The van der Waals surface area contributed by atoms with Crippen LogP contribution in [0.15, 0.2) is 12.1 Å². The maximum absolute atomic E-state index is 12.3. The van der Waals surface area contributed by atoms with Gasteiger partial charge in [0, 0.05) is 30.8 Å². The van der Waals surface area contributed by atoms with E-state index in [9.17, 15) is 9.59 Å². The first-order chi connectivity index (χ1) is 15.2. The third-order valence-corrected chi connectivity index (χ3v) is 6.38. The molecule has 1 aromatic carbocycles. The van der Waals surface area contributed by atoms with Crippen LogP contribution in [0, 0.1) is 0 Å². The highest BCUT2D eigenvalue weighted by Gasteiger charge is 2.34. The van der Waals surface area contributed by atoms with Crippen molar-refractivity contribution < 1.29 is 23.8 Å². The van der Waals surface area contributed by atoms with E-state index in [1.54, 1.807) is 20.3 Å². The molecular formula is C24H36N2O5. The highest BCUT2D eigenvalue weighted by Crippen LogP contribution is 2.41. The first-order valence-electron chi connectivity index (χ1n) is 11.5. The molecule has 2 aliphatic heterocycles. The summed E-state index contributed by atoms with van der Waals surface area (Å²) in [6, 6.07) is 3.96. The van der Waals surface area contributed by atoms with Crippen molar-refractivity contribution in [2.45, 2.75) is 69.9 Å². The number of carbonyl (C=O) groups is 2. The number of hydrogen-bond donors (Lipinski definition) is 1. The summed E-state index contributed by atoms with van der Waals surface area (Å²) >= 11 is 0. The van der Waals surface area contributed by atoms with Gasteiger partial charge in [-0.15, -0.1) is 0 Å². The first kappa shape index (κ1) is 23.4. The molecule has 7 nitrogen and oxygen atoms in total. The third kappa shape index (κ3) is 6.35. The van der Waals surface area contributed by atoms with Gasteiger partial charge >= 0.3 is 5.97 Å². The maximum Gasteiger partial charge on any atom is 0.342 e. The van der Waals surface area contributed by atoms with Gasteiger partial charge in [-0.3, -0.25) is 4.79 Å². The maximum atomic E-state index is 12.3. The Morgan fingerprint density at radius 1 is 1.10 bits per heavy atom. The minimum atomic E-state index is -0.300. The summed E-state index contributed by atoms with van der Waals surface area (Å²) in [5, 5.41) is 2.88. The Hall–Kier alpha value is -2.28. The Bertz CT molecular complexity index is 739. The smallest absolute Gasteiger partial charge is 0.342 e. The van der Waals surface area contributed by atoms with Gasteiger partial charge in [0.2, 0.25) is 6.41 Å². The van der Waals surface area contributed by atoms with E-state index in [1.165, 1.54) is 32.1 Å². The average Bonchev–Trinajstić information content (AvgIpc) is 3.36. The number of carbonyl (C=O) groups excluding carboxylic acids is 2. The summed E-state index contributed by atoms with van der Waals surface area (Å²) in [6.07, 6.45) is 10.9. The zero-order valence-corrected chi connectivity index (χ0v) is 18.9. The highest BCUT2D eigenvalue weighted by atomic mass is 16.6. The number of nitrogens with one attached hydrogen (secondary N) is 1. The average molecular weight is 433 g/mol. The summed E-state index contributed by atoms with van der Waals surface area (Å²) in [5.74, 6) is 0.903. The minimum absolute atomic E-state index is 0.204. The molecule has 0 radical (unpaired) electrons. The van der Waals surface area contributed by atoms with Crippen LogP contribution in [0.4, 0.5) is 0 Å². The van der Waals surface area contributed by atoms with Gasteiger partial charge in [0.25, 0.3) is 0 Å². The molecule has 3 rings (SSSR count). The van der Waals surface area contributed by atoms with Gasteiger partial charge in [-0.1, -0.05) is 32.1 Å². The highest BCUT2D eigenvalue weighted by molar-refractivity contribution is 5.97. The molecule has 0 saturated carbocycles. The second-order valence-corrected chi connectivity index (χ2v) is 8.52. The van der Waals surface area contributed by atoms with E-state index in [0.717, 1.165) is 57.3 Å². The largest absolute Gasteiger partial charge is 0.497 e. The molecule has 7 heteroatoms. The Labute approximate surface area is 185 Å². The second kappa shape index (κ2) is 11.9. The van der Waals surface area contributed by atoms with Gasteiger partial charge in [-0.2, -0.15) is 0 Å². The molecule has 0 spiro atoms. The number of methoxy groups -OCH3 is 2. The van der Waals surface area contributed by atoms with E-state index in [-0.39, 0.29) is 12.1 Å². The topological polar surface area (TPSA) is 77.1 Å². The summed E-state index contributed by atoms with van der Waals surface area (Å²) in [6.45, 7) is 3.22. The fourth-order valence-electron chi connectivity index (χ4n) is 4.65. The van der Waals surface area contributed by atoms with Crippen molar-refractivity contribution in [3.63, 3.8) is 0 Å². The van der Waals surface area contributed by atoms with Crippen LogP contribution in [0.5, 0.6) is 11.5 Å². The Morgan fingerprint density at radius 3 is 2.55 bits per heavy atom. The number of fused-ring (bicyclic) bond motifs is 1. The van der Waals surface area contributed by atoms with Gasteiger partial charge in [0.15, 0.2) is 0 Å². The van der Waals surface area contributed by atoms with Crippen molar-refractivity contribution in [1.82, 2.24) is 10.2 Å². The molecule has 2 aliphatic rings. The summed E-state index contributed by atoms with van der Waals surface area (Å²) in [5.41, 5.74) is 1.42. The number of rotatable bonds is 14. The van der Waals surface area contributed by atoms with Crippen molar-refractivity contribution in [2.24, 2.45) is 0 Å². The van der Waals surface area contributed by atoms with Gasteiger partial charge in [-0.05, 0) is 38.3 Å². The van der Waals surface area contributed by atoms with E-state index in [2.05, 4.69) is 10.2 Å². The quantitative estimate of drug-likeness (QED) is 0.273. The van der Waals surface area contributed by atoms with Crippen molar-refractivity contribution in [1.29, 1.82) is 0 Å². The molecule has 1 aromatic rings. The molecule has 0 bridgehead atoms. The number of esters is 1. The van der Waals surface area contributed by atoms with Crippen LogP contribution in [-0.2, 0) is 9.53 Å². The van der Waals surface area contributed by atoms with Gasteiger partial charge in [0.05, 0.1) is 14.2 Å². The van der Waals surface area contributed by atoms with Crippen molar-refractivity contribution in [2.75, 3.05) is 33.9 Å². The Morgan fingerprint density at radius 2 is 1.84 bits per heavy atom. The van der Waals surface area contributed by atoms with E-state index in [4.69, 9.17) is 14.2 Å². The minimum Gasteiger partial charge on any atom is -0.497 e. The van der Waals surface area contributed by atoms with E-state index in [0.29, 0.717) is 23.1 Å². The zero-order valence-electron chi connectivity index (χ0n) is 18.9. The van der Waals surface area contributed by atoms with Crippen molar-refractivity contribution in [3.05, 3.63) is 23.3 Å².